The minimum Gasteiger partial charge on any atom is -0.496 e. The van der Waals surface area contributed by atoms with E-state index >= 15 is 0 Å². The molecular weight excluding hydrogens is 390 g/mol. The van der Waals surface area contributed by atoms with Crippen LogP contribution in [0.5, 0.6) is 5.75 Å². The molecule has 0 bridgehead atoms. The van der Waals surface area contributed by atoms with E-state index in [0.717, 1.165) is 15.4 Å². The molecule has 0 spiro atoms. The number of hydrogen-bond acceptors (Lipinski definition) is 4. The third-order valence-electron chi connectivity index (χ3n) is 4.52. The lowest BCUT2D eigenvalue weighted by molar-refractivity contribution is -0.113. The zero-order valence-electron chi connectivity index (χ0n) is 16.8. The number of benzene rings is 2. The van der Waals surface area contributed by atoms with Crippen molar-refractivity contribution in [2.75, 3.05) is 19.0 Å². The first-order chi connectivity index (χ1) is 13.7. The Hall–Kier alpha value is -3.13. The summed E-state index contributed by atoms with van der Waals surface area (Å²) < 4.78 is 35.6. The van der Waals surface area contributed by atoms with Gasteiger partial charge in [0.25, 0.3) is 5.91 Å². The molecule has 0 unspecified atom stereocenters. The number of amides is 1. The average Bonchev–Trinajstić information content (AvgIpc) is 2.66. The second kappa shape index (κ2) is 8.08. The van der Waals surface area contributed by atoms with Crippen LogP contribution in [0.25, 0.3) is 0 Å². The van der Waals surface area contributed by atoms with Gasteiger partial charge in [-0.1, -0.05) is 12.1 Å². The summed E-state index contributed by atoms with van der Waals surface area (Å²) in [6, 6.07) is 12.5. The number of anilines is 1. The Kier molecular flexibility index (Phi) is 5.74. The molecule has 1 aliphatic rings. The average molecular weight is 413 g/mol. The van der Waals surface area contributed by atoms with Crippen molar-refractivity contribution >= 4 is 27.5 Å². The van der Waals surface area contributed by atoms with E-state index in [9.17, 15) is 13.2 Å². The summed E-state index contributed by atoms with van der Waals surface area (Å²) >= 11 is 0. The van der Waals surface area contributed by atoms with Crippen molar-refractivity contribution in [1.29, 1.82) is 0 Å². The van der Waals surface area contributed by atoms with Gasteiger partial charge in [-0.2, -0.15) is 8.42 Å². The predicted molar refractivity (Wildman–Crippen MR) is 113 cm³/mol. The minimum absolute atomic E-state index is 0.0208. The van der Waals surface area contributed by atoms with Crippen molar-refractivity contribution in [1.82, 2.24) is 4.31 Å². The normalized spacial score (nSPS) is 15.4. The molecule has 0 radical (unpaired) electrons. The van der Waals surface area contributed by atoms with Gasteiger partial charge in [-0.25, -0.2) is 4.31 Å². The van der Waals surface area contributed by atoms with Crippen molar-refractivity contribution in [2.24, 2.45) is 4.40 Å². The van der Waals surface area contributed by atoms with Gasteiger partial charge in [-0.15, -0.1) is 4.40 Å². The van der Waals surface area contributed by atoms with Crippen LogP contribution in [-0.2, 0) is 15.0 Å². The number of nitrogens with zero attached hydrogens (tertiary/aromatic N) is 2. The van der Waals surface area contributed by atoms with E-state index in [1.807, 2.05) is 32.0 Å². The van der Waals surface area contributed by atoms with Crippen LogP contribution in [0.3, 0.4) is 0 Å². The molecule has 29 heavy (non-hydrogen) atoms. The third kappa shape index (κ3) is 4.32. The molecule has 1 amide bonds. The van der Waals surface area contributed by atoms with Crippen LogP contribution in [0, 0.1) is 13.8 Å². The molecule has 0 aliphatic carbocycles. The molecule has 152 valence electrons. The number of hydrogen-bond donors (Lipinski definition) is 1. The molecular formula is C21H23N3O4S. The van der Waals surface area contributed by atoms with Crippen molar-refractivity contribution in [3.8, 4) is 5.75 Å². The lowest BCUT2D eigenvalue weighted by Crippen LogP contribution is -2.38. The van der Waals surface area contributed by atoms with Gasteiger partial charge < -0.3 is 10.1 Å². The van der Waals surface area contributed by atoms with Crippen molar-refractivity contribution in [3.05, 3.63) is 70.9 Å². The number of ether oxygens (including phenoxy) is 1. The van der Waals surface area contributed by atoms with Crippen LogP contribution >= 0.6 is 0 Å². The lowest BCUT2D eigenvalue weighted by atomic mass is 10.1. The van der Waals surface area contributed by atoms with Gasteiger partial charge in [-0.3, -0.25) is 4.79 Å². The molecule has 1 N–H and O–H groups in total. The van der Waals surface area contributed by atoms with E-state index in [2.05, 4.69) is 9.71 Å². The fraction of sp³-hybridized carbons (Fsp3) is 0.238. The molecule has 0 fully saturated rings. The molecule has 0 aromatic heterocycles. The lowest BCUT2D eigenvalue weighted by Gasteiger charge is -2.26. The van der Waals surface area contributed by atoms with Crippen LogP contribution in [-0.4, -0.2) is 38.0 Å². The standard InChI is InChI=1S/C21H23N3O4S/c1-5-24-19(21(25)22-17-8-6-7-14(2)11-17)13-18(23-29(24,26)27)16-9-10-20(28-4)15(3)12-16/h6-13H,5H2,1-4H3,(H,22,25). The summed E-state index contributed by atoms with van der Waals surface area (Å²) in [5.74, 6) is 0.170. The number of methoxy groups -OCH3 is 1. The van der Waals surface area contributed by atoms with Gasteiger partial charge >= 0.3 is 10.2 Å². The number of allylic oxidation sites excluding steroid dienone is 1. The Morgan fingerprint density at radius 1 is 1.17 bits per heavy atom. The van der Waals surface area contributed by atoms with E-state index in [-0.39, 0.29) is 18.0 Å². The second-order valence-corrected chi connectivity index (χ2v) is 8.18. The van der Waals surface area contributed by atoms with Gasteiger partial charge in [0.1, 0.15) is 11.4 Å². The smallest absolute Gasteiger partial charge is 0.345 e. The zero-order valence-corrected chi connectivity index (χ0v) is 17.6. The number of carbonyl (C=O) groups excluding carboxylic acids is 1. The van der Waals surface area contributed by atoms with Crippen LogP contribution < -0.4 is 10.1 Å². The van der Waals surface area contributed by atoms with E-state index < -0.39 is 16.1 Å². The first-order valence-electron chi connectivity index (χ1n) is 9.12. The molecule has 2 aromatic carbocycles. The predicted octanol–water partition coefficient (Wildman–Crippen LogP) is 3.20. The largest absolute Gasteiger partial charge is 0.496 e. The first kappa shape index (κ1) is 20.6. The summed E-state index contributed by atoms with van der Waals surface area (Å²) in [5.41, 5.74) is 3.22. The Balaban J connectivity index is 2.02. The fourth-order valence-corrected chi connectivity index (χ4v) is 4.35. The van der Waals surface area contributed by atoms with Crippen molar-refractivity contribution < 1.29 is 17.9 Å². The minimum atomic E-state index is -4.03. The summed E-state index contributed by atoms with van der Waals surface area (Å²) in [7, 11) is -2.47. The topological polar surface area (TPSA) is 88.1 Å². The van der Waals surface area contributed by atoms with Crippen molar-refractivity contribution in [3.63, 3.8) is 0 Å². The Morgan fingerprint density at radius 2 is 1.93 bits per heavy atom. The molecule has 7 nitrogen and oxygen atoms in total. The van der Waals surface area contributed by atoms with Gasteiger partial charge in [0.2, 0.25) is 0 Å². The Labute approximate surface area is 170 Å². The van der Waals surface area contributed by atoms with Gasteiger partial charge in [0, 0.05) is 17.8 Å². The molecule has 0 atom stereocenters. The number of likely N-dealkylation sites (N-methyl/N-ethyl adjacent to an activating group) is 1. The van der Waals surface area contributed by atoms with E-state index in [4.69, 9.17) is 4.74 Å². The Morgan fingerprint density at radius 3 is 2.55 bits per heavy atom. The summed E-state index contributed by atoms with van der Waals surface area (Å²) in [5, 5.41) is 2.77. The van der Waals surface area contributed by atoms with Crippen LogP contribution in [0.1, 0.15) is 23.6 Å². The molecule has 0 saturated carbocycles. The highest BCUT2D eigenvalue weighted by Gasteiger charge is 2.32. The molecule has 1 heterocycles. The van der Waals surface area contributed by atoms with Gasteiger partial charge in [0.15, 0.2) is 0 Å². The molecule has 1 aliphatic heterocycles. The SMILES string of the molecule is CCN1C(C(=O)Nc2cccc(C)c2)=CC(c2ccc(OC)c(C)c2)=NS1(=O)=O. The van der Waals surface area contributed by atoms with E-state index in [1.165, 1.54) is 6.08 Å². The first-order valence-corrected chi connectivity index (χ1v) is 10.5. The maximum atomic E-state index is 12.9. The Bertz CT molecular complexity index is 1120. The third-order valence-corrected chi connectivity index (χ3v) is 5.96. The summed E-state index contributed by atoms with van der Waals surface area (Å²) in [6.07, 6.45) is 1.50. The highest BCUT2D eigenvalue weighted by molar-refractivity contribution is 7.88. The number of nitrogens with one attached hydrogen (secondary N) is 1. The molecule has 2 aromatic rings. The maximum Gasteiger partial charge on any atom is 0.345 e. The van der Waals surface area contributed by atoms with E-state index in [0.29, 0.717) is 17.0 Å². The monoisotopic (exact) mass is 413 g/mol. The number of carbonyl (C=O) groups is 1. The van der Waals surface area contributed by atoms with E-state index in [1.54, 1.807) is 38.3 Å². The highest BCUT2D eigenvalue weighted by atomic mass is 32.2. The van der Waals surface area contributed by atoms with Crippen molar-refractivity contribution in [2.45, 2.75) is 20.8 Å². The highest BCUT2D eigenvalue weighted by Crippen LogP contribution is 2.25. The molecule has 8 heteroatoms. The zero-order chi connectivity index (χ0) is 21.2. The van der Waals surface area contributed by atoms with Gasteiger partial charge in [0.05, 0.1) is 12.8 Å². The maximum absolute atomic E-state index is 12.9. The summed E-state index contributed by atoms with van der Waals surface area (Å²) in [6.45, 7) is 5.51. The van der Waals surface area contributed by atoms with Crippen LogP contribution in [0.2, 0.25) is 0 Å². The number of aryl methyl sites for hydroxylation is 2. The quantitative estimate of drug-likeness (QED) is 0.815. The number of rotatable bonds is 5. The second-order valence-electron chi connectivity index (χ2n) is 6.66. The summed E-state index contributed by atoms with van der Waals surface area (Å²) in [4.78, 5) is 12.9. The fourth-order valence-electron chi connectivity index (χ4n) is 3.13. The molecule has 0 saturated heterocycles. The van der Waals surface area contributed by atoms with Crippen LogP contribution in [0.4, 0.5) is 5.69 Å². The van der Waals surface area contributed by atoms with Gasteiger partial charge in [-0.05, 0) is 68.3 Å². The molecule has 3 rings (SSSR count). The van der Waals surface area contributed by atoms with Crippen LogP contribution in [0.15, 0.2) is 58.6 Å².